The van der Waals surface area contributed by atoms with E-state index in [-0.39, 0.29) is 17.8 Å². The Bertz CT molecular complexity index is 621. The summed E-state index contributed by atoms with van der Waals surface area (Å²) in [5.74, 6) is 0.0817. The Balaban J connectivity index is 1.63. The number of hydrogen-bond acceptors (Lipinski definition) is 6. The molecule has 1 fully saturated rings. The van der Waals surface area contributed by atoms with E-state index in [0.717, 1.165) is 17.8 Å². The molecule has 0 aliphatic carbocycles. The Morgan fingerprint density at radius 2 is 2.14 bits per heavy atom. The molecule has 21 heavy (non-hydrogen) atoms. The SMILES string of the molecule is Cc1cc(C)nc(OC2CCN(C(=O)c3ccno3)C2)n1. The maximum atomic E-state index is 12.1. The lowest BCUT2D eigenvalue weighted by molar-refractivity contribution is 0.0728. The van der Waals surface area contributed by atoms with Crippen molar-refractivity contribution in [2.24, 2.45) is 0 Å². The number of carbonyl (C=O) groups excluding carboxylic acids is 1. The molecule has 0 bridgehead atoms. The van der Waals surface area contributed by atoms with Crippen LogP contribution in [0, 0.1) is 13.8 Å². The van der Waals surface area contributed by atoms with E-state index < -0.39 is 0 Å². The third-order valence-electron chi connectivity index (χ3n) is 3.31. The Kier molecular flexibility index (Phi) is 3.55. The summed E-state index contributed by atoms with van der Waals surface area (Å²) in [5.41, 5.74) is 1.73. The van der Waals surface area contributed by atoms with Crippen LogP contribution < -0.4 is 4.74 Å². The second-order valence-corrected chi connectivity index (χ2v) is 5.09. The minimum atomic E-state index is -0.167. The first-order valence-electron chi connectivity index (χ1n) is 6.81. The number of nitrogens with zero attached hydrogens (tertiary/aromatic N) is 4. The van der Waals surface area contributed by atoms with E-state index in [1.807, 2.05) is 19.9 Å². The van der Waals surface area contributed by atoms with E-state index in [9.17, 15) is 4.79 Å². The van der Waals surface area contributed by atoms with Crippen molar-refractivity contribution in [2.45, 2.75) is 26.4 Å². The largest absolute Gasteiger partial charge is 0.458 e. The Labute approximate surface area is 121 Å². The van der Waals surface area contributed by atoms with Crippen molar-refractivity contribution in [1.29, 1.82) is 0 Å². The lowest BCUT2D eigenvalue weighted by Gasteiger charge is -2.15. The number of likely N-dealkylation sites (tertiary alicyclic amines) is 1. The van der Waals surface area contributed by atoms with E-state index >= 15 is 0 Å². The van der Waals surface area contributed by atoms with Crippen LogP contribution in [0.2, 0.25) is 0 Å². The minimum Gasteiger partial charge on any atom is -0.458 e. The fourth-order valence-corrected chi connectivity index (χ4v) is 2.39. The van der Waals surface area contributed by atoms with Crippen LogP contribution in [0.5, 0.6) is 6.01 Å². The average molecular weight is 288 g/mol. The summed E-state index contributed by atoms with van der Waals surface area (Å²) in [6.45, 7) is 4.91. The lowest BCUT2D eigenvalue weighted by Crippen LogP contribution is -2.30. The number of carbonyl (C=O) groups is 1. The highest BCUT2D eigenvalue weighted by Crippen LogP contribution is 2.18. The summed E-state index contributed by atoms with van der Waals surface area (Å²) in [6, 6.07) is 3.82. The molecule has 0 N–H and O–H groups in total. The normalized spacial score (nSPS) is 18.0. The molecule has 1 atom stereocenters. The zero-order chi connectivity index (χ0) is 14.8. The van der Waals surface area contributed by atoms with Gasteiger partial charge in [0.1, 0.15) is 6.10 Å². The lowest BCUT2D eigenvalue weighted by atomic mass is 10.3. The van der Waals surface area contributed by atoms with E-state index in [4.69, 9.17) is 9.26 Å². The number of amides is 1. The molecular formula is C14H16N4O3. The highest BCUT2D eigenvalue weighted by atomic mass is 16.5. The van der Waals surface area contributed by atoms with Gasteiger partial charge < -0.3 is 14.2 Å². The maximum Gasteiger partial charge on any atom is 0.317 e. The number of hydrogen-bond donors (Lipinski definition) is 0. The van der Waals surface area contributed by atoms with Crippen LogP contribution >= 0.6 is 0 Å². The molecule has 1 aliphatic heterocycles. The molecule has 2 aromatic rings. The molecule has 7 heteroatoms. The van der Waals surface area contributed by atoms with Crippen LogP contribution in [0.4, 0.5) is 0 Å². The van der Waals surface area contributed by atoms with Gasteiger partial charge >= 0.3 is 6.01 Å². The van der Waals surface area contributed by atoms with Gasteiger partial charge in [-0.2, -0.15) is 0 Å². The molecule has 0 saturated carbocycles. The Morgan fingerprint density at radius 3 is 2.81 bits per heavy atom. The summed E-state index contributed by atoms with van der Waals surface area (Å²) in [6.07, 6.45) is 2.11. The van der Waals surface area contributed by atoms with Crippen LogP contribution in [-0.4, -0.2) is 45.1 Å². The van der Waals surface area contributed by atoms with Gasteiger partial charge in [-0.1, -0.05) is 5.16 Å². The zero-order valence-electron chi connectivity index (χ0n) is 11.9. The standard InChI is InChI=1S/C14H16N4O3/c1-9-7-10(2)17-14(16-9)20-11-4-6-18(8-11)13(19)12-3-5-15-21-12/h3,5,7,11H,4,6,8H2,1-2H3. The van der Waals surface area contributed by atoms with Crippen molar-refractivity contribution in [1.82, 2.24) is 20.0 Å². The Morgan fingerprint density at radius 1 is 1.38 bits per heavy atom. The van der Waals surface area contributed by atoms with Gasteiger partial charge in [0.05, 0.1) is 12.7 Å². The van der Waals surface area contributed by atoms with E-state index in [0.29, 0.717) is 19.1 Å². The maximum absolute atomic E-state index is 12.1. The van der Waals surface area contributed by atoms with Crippen LogP contribution in [0.3, 0.4) is 0 Å². The number of rotatable bonds is 3. The molecule has 0 aromatic carbocycles. The summed E-state index contributed by atoms with van der Waals surface area (Å²) in [7, 11) is 0. The predicted molar refractivity (Wildman–Crippen MR) is 72.9 cm³/mol. The summed E-state index contributed by atoms with van der Waals surface area (Å²) < 4.78 is 10.7. The molecule has 1 saturated heterocycles. The molecule has 0 radical (unpaired) electrons. The third kappa shape index (κ3) is 3.01. The van der Waals surface area contributed by atoms with Crippen molar-refractivity contribution in [3.05, 3.63) is 35.5 Å². The second-order valence-electron chi connectivity index (χ2n) is 5.09. The quantitative estimate of drug-likeness (QED) is 0.848. The van der Waals surface area contributed by atoms with Crippen LogP contribution in [0.1, 0.15) is 28.4 Å². The van der Waals surface area contributed by atoms with Crippen molar-refractivity contribution >= 4 is 5.91 Å². The average Bonchev–Trinajstić information content (AvgIpc) is 3.07. The van der Waals surface area contributed by atoms with Gasteiger partial charge in [0.25, 0.3) is 5.91 Å². The second kappa shape index (κ2) is 5.51. The number of ether oxygens (including phenoxy) is 1. The number of aryl methyl sites for hydroxylation is 2. The molecular weight excluding hydrogens is 272 g/mol. The zero-order valence-corrected chi connectivity index (χ0v) is 11.9. The highest BCUT2D eigenvalue weighted by Gasteiger charge is 2.30. The van der Waals surface area contributed by atoms with Gasteiger partial charge in [-0.3, -0.25) is 4.79 Å². The topological polar surface area (TPSA) is 81.4 Å². The first-order chi connectivity index (χ1) is 10.1. The molecule has 1 unspecified atom stereocenters. The van der Waals surface area contributed by atoms with Gasteiger partial charge in [0, 0.05) is 30.4 Å². The minimum absolute atomic E-state index is 0.0990. The molecule has 3 rings (SSSR count). The highest BCUT2D eigenvalue weighted by molar-refractivity contribution is 5.91. The third-order valence-corrected chi connectivity index (χ3v) is 3.31. The summed E-state index contributed by atoms with van der Waals surface area (Å²) in [4.78, 5) is 22.3. The van der Waals surface area contributed by atoms with Crippen molar-refractivity contribution in [2.75, 3.05) is 13.1 Å². The fourth-order valence-electron chi connectivity index (χ4n) is 2.39. The Hall–Kier alpha value is -2.44. The van der Waals surface area contributed by atoms with Gasteiger partial charge in [0.2, 0.25) is 5.76 Å². The molecule has 7 nitrogen and oxygen atoms in total. The smallest absolute Gasteiger partial charge is 0.317 e. The molecule has 2 aromatic heterocycles. The molecule has 0 spiro atoms. The van der Waals surface area contributed by atoms with Crippen molar-refractivity contribution in [3.63, 3.8) is 0 Å². The van der Waals surface area contributed by atoms with Crippen LogP contribution in [0.15, 0.2) is 22.9 Å². The van der Waals surface area contributed by atoms with Crippen molar-refractivity contribution in [3.8, 4) is 6.01 Å². The van der Waals surface area contributed by atoms with Gasteiger partial charge in [-0.15, -0.1) is 0 Å². The van der Waals surface area contributed by atoms with Gasteiger partial charge in [-0.05, 0) is 19.9 Å². The fraction of sp³-hybridized carbons (Fsp3) is 0.429. The van der Waals surface area contributed by atoms with Crippen molar-refractivity contribution < 1.29 is 14.1 Å². The first kappa shape index (κ1) is 13.5. The van der Waals surface area contributed by atoms with E-state index in [1.54, 1.807) is 11.0 Å². The van der Waals surface area contributed by atoms with Gasteiger partial charge in [0.15, 0.2) is 0 Å². The summed E-state index contributed by atoms with van der Waals surface area (Å²) >= 11 is 0. The number of aromatic nitrogens is 3. The molecule has 3 heterocycles. The first-order valence-corrected chi connectivity index (χ1v) is 6.81. The van der Waals surface area contributed by atoms with E-state index in [2.05, 4.69) is 15.1 Å². The molecule has 1 amide bonds. The van der Waals surface area contributed by atoms with Gasteiger partial charge in [-0.25, -0.2) is 9.97 Å². The molecule has 1 aliphatic rings. The van der Waals surface area contributed by atoms with Crippen LogP contribution in [0.25, 0.3) is 0 Å². The van der Waals surface area contributed by atoms with Crippen LogP contribution in [-0.2, 0) is 0 Å². The van der Waals surface area contributed by atoms with E-state index in [1.165, 1.54) is 6.20 Å². The summed E-state index contributed by atoms with van der Waals surface area (Å²) in [5, 5.41) is 3.55. The molecule has 110 valence electrons. The predicted octanol–water partition coefficient (Wildman–Crippen LogP) is 1.37. The monoisotopic (exact) mass is 288 g/mol.